The lowest BCUT2D eigenvalue weighted by Gasteiger charge is -2.45. The molecular formula is C16H18N6O3. The van der Waals surface area contributed by atoms with Gasteiger partial charge in [-0.05, 0) is 12.1 Å². The lowest BCUT2D eigenvalue weighted by Crippen LogP contribution is -2.63. The normalized spacial score (nSPS) is 20.3. The molecule has 2 aliphatic rings. The number of nitrogens with zero attached hydrogens (tertiary/aromatic N) is 5. The summed E-state index contributed by atoms with van der Waals surface area (Å²) < 4.78 is 5.43. The Kier molecular flexibility index (Phi) is 4.06. The highest BCUT2D eigenvalue weighted by Crippen LogP contribution is 2.20. The van der Waals surface area contributed by atoms with Crippen LogP contribution in [0.5, 0.6) is 0 Å². The van der Waals surface area contributed by atoms with E-state index in [0.29, 0.717) is 38.5 Å². The molecule has 2 aromatic rings. The lowest BCUT2D eigenvalue weighted by molar-refractivity contribution is -0.153. The first kappa shape index (κ1) is 15.6. The summed E-state index contributed by atoms with van der Waals surface area (Å²) in [6.07, 6.45) is 1.45. The summed E-state index contributed by atoms with van der Waals surface area (Å²) in [4.78, 5) is 29.4. The molecule has 130 valence electrons. The quantitative estimate of drug-likeness (QED) is 0.867. The van der Waals surface area contributed by atoms with E-state index in [0.717, 1.165) is 5.69 Å². The zero-order valence-corrected chi connectivity index (χ0v) is 13.5. The van der Waals surface area contributed by atoms with Gasteiger partial charge in [-0.2, -0.15) is 5.10 Å². The van der Waals surface area contributed by atoms with Crippen LogP contribution in [0.1, 0.15) is 6.42 Å². The molecule has 1 aromatic carbocycles. The third-order valence-electron chi connectivity index (χ3n) is 4.32. The van der Waals surface area contributed by atoms with Crippen molar-refractivity contribution in [3.8, 4) is 5.69 Å². The maximum atomic E-state index is 12.6. The van der Waals surface area contributed by atoms with E-state index in [1.54, 1.807) is 9.80 Å². The Bertz CT molecular complexity index is 777. The molecule has 2 fully saturated rings. The molecule has 1 atom stereocenters. The Labute approximate surface area is 144 Å². The maximum absolute atomic E-state index is 12.6. The molecule has 9 nitrogen and oxygen atoms in total. The van der Waals surface area contributed by atoms with Crippen LogP contribution in [-0.2, 0) is 9.53 Å². The number of fused-ring (bicyclic) bond motifs is 1. The van der Waals surface area contributed by atoms with E-state index in [1.165, 1.54) is 11.0 Å². The van der Waals surface area contributed by atoms with Crippen LogP contribution in [-0.4, -0.2) is 69.2 Å². The van der Waals surface area contributed by atoms with Crippen molar-refractivity contribution in [3.63, 3.8) is 0 Å². The summed E-state index contributed by atoms with van der Waals surface area (Å²) in [6.45, 7) is 1.71. The monoisotopic (exact) mass is 342 g/mol. The number of morpholine rings is 1. The van der Waals surface area contributed by atoms with E-state index in [9.17, 15) is 9.59 Å². The first-order valence-electron chi connectivity index (χ1n) is 8.15. The molecular weight excluding hydrogens is 324 g/mol. The average molecular weight is 342 g/mol. The lowest BCUT2D eigenvalue weighted by atomic mass is 10.2. The number of nitrogens with one attached hydrogen (secondary N) is 1. The molecule has 9 heteroatoms. The zero-order chi connectivity index (χ0) is 17.2. The summed E-state index contributed by atoms with van der Waals surface area (Å²) in [5.41, 5.74) is 0.804. The Balaban J connectivity index is 1.47. The van der Waals surface area contributed by atoms with Gasteiger partial charge < -0.3 is 14.5 Å². The third kappa shape index (κ3) is 3.05. The average Bonchev–Trinajstić information content (AvgIpc) is 3.11. The predicted molar refractivity (Wildman–Crippen MR) is 88.0 cm³/mol. The van der Waals surface area contributed by atoms with Gasteiger partial charge in [-0.3, -0.25) is 10.1 Å². The number of carbonyl (C=O) groups excluding carboxylic acids is 2. The fraction of sp³-hybridized carbons (Fsp3) is 0.375. The van der Waals surface area contributed by atoms with Crippen LogP contribution in [0.2, 0.25) is 0 Å². The smallest absolute Gasteiger partial charge is 0.324 e. The summed E-state index contributed by atoms with van der Waals surface area (Å²) >= 11 is 0. The molecule has 3 amide bonds. The minimum atomic E-state index is -0.362. The van der Waals surface area contributed by atoms with Crippen molar-refractivity contribution >= 4 is 17.8 Å². The fourth-order valence-electron chi connectivity index (χ4n) is 3.07. The third-order valence-corrected chi connectivity index (χ3v) is 4.32. The number of hydrogen-bond donors (Lipinski definition) is 1. The number of amides is 3. The van der Waals surface area contributed by atoms with E-state index in [1.807, 2.05) is 30.3 Å². The summed E-state index contributed by atoms with van der Waals surface area (Å²) in [7, 11) is 0. The number of ether oxygens (including phenoxy) is 1. The van der Waals surface area contributed by atoms with Crippen LogP contribution in [0.25, 0.3) is 5.69 Å². The highest BCUT2D eigenvalue weighted by molar-refractivity contribution is 5.90. The minimum Gasteiger partial charge on any atom is -0.376 e. The standard InChI is InChI=1S/C16H18N6O3/c23-15-6-7-21(14-11-25-9-8-20(14)15)16(24)18-13-10-17-22(19-13)12-4-2-1-3-5-12/h1-5,10,14H,6-9,11H2,(H,18,19,24). The molecule has 2 aliphatic heterocycles. The second kappa shape index (κ2) is 6.52. The van der Waals surface area contributed by atoms with Gasteiger partial charge in [0.2, 0.25) is 5.91 Å². The molecule has 1 N–H and O–H groups in total. The molecule has 0 saturated carbocycles. The van der Waals surface area contributed by atoms with Crippen LogP contribution in [0.3, 0.4) is 0 Å². The number of anilines is 1. The van der Waals surface area contributed by atoms with Gasteiger partial charge in [0, 0.05) is 19.5 Å². The maximum Gasteiger partial charge on any atom is 0.324 e. The van der Waals surface area contributed by atoms with Gasteiger partial charge in [-0.1, -0.05) is 18.2 Å². The summed E-state index contributed by atoms with van der Waals surface area (Å²) in [5, 5.41) is 11.2. The zero-order valence-electron chi connectivity index (χ0n) is 13.5. The molecule has 0 aliphatic carbocycles. The second-order valence-corrected chi connectivity index (χ2v) is 5.87. The Morgan fingerprint density at radius 3 is 2.92 bits per heavy atom. The SMILES string of the molecule is O=C1CCN(C(=O)Nc2cnn(-c3ccccc3)n2)C2COCCN12. The van der Waals surface area contributed by atoms with Crippen molar-refractivity contribution < 1.29 is 14.3 Å². The van der Waals surface area contributed by atoms with Crippen molar-refractivity contribution in [2.24, 2.45) is 0 Å². The van der Waals surface area contributed by atoms with E-state index >= 15 is 0 Å². The van der Waals surface area contributed by atoms with Gasteiger partial charge in [-0.15, -0.1) is 9.90 Å². The minimum absolute atomic E-state index is 0.0624. The Hall–Kier alpha value is -2.94. The fourth-order valence-corrected chi connectivity index (χ4v) is 3.07. The molecule has 4 rings (SSSR count). The van der Waals surface area contributed by atoms with E-state index in [4.69, 9.17) is 4.74 Å². The molecule has 25 heavy (non-hydrogen) atoms. The van der Waals surface area contributed by atoms with Crippen LogP contribution >= 0.6 is 0 Å². The number of carbonyl (C=O) groups is 2. The van der Waals surface area contributed by atoms with Crippen molar-refractivity contribution in [1.29, 1.82) is 0 Å². The molecule has 0 spiro atoms. The molecule has 1 unspecified atom stereocenters. The van der Waals surface area contributed by atoms with Crippen molar-refractivity contribution in [3.05, 3.63) is 36.5 Å². The van der Waals surface area contributed by atoms with E-state index in [-0.39, 0.29) is 18.1 Å². The van der Waals surface area contributed by atoms with Crippen LogP contribution < -0.4 is 5.32 Å². The number of para-hydroxylation sites is 1. The van der Waals surface area contributed by atoms with Crippen molar-refractivity contribution in [2.45, 2.75) is 12.6 Å². The first-order valence-corrected chi connectivity index (χ1v) is 8.15. The number of rotatable bonds is 2. The van der Waals surface area contributed by atoms with Gasteiger partial charge in [0.05, 0.1) is 25.1 Å². The topological polar surface area (TPSA) is 92.6 Å². The Morgan fingerprint density at radius 1 is 1.24 bits per heavy atom. The number of hydrogen-bond acceptors (Lipinski definition) is 5. The van der Waals surface area contributed by atoms with Gasteiger partial charge in [-0.25, -0.2) is 4.79 Å². The van der Waals surface area contributed by atoms with Gasteiger partial charge in [0.1, 0.15) is 6.17 Å². The Morgan fingerprint density at radius 2 is 2.08 bits per heavy atom. The molecule has 2 saturated heterocycles. The van der Waals surface area contributed by atoms with Crippen molar-refractivity contribution in [2.75, 3.05) is 31.6 Å². The van der Waals surface area contributed by atoms with Gasteiger partial charge in [0.25, 0.3) is 0 Å². The van der Waals surface area contributed by atoms with Crippen molar-refractivity contribution in [1.82, 2.24) is 24.8 Å². The van der Waals surface area contributed by atoms with E-state index < -0.39 is 0 Å². The molecule has 1 aromatic heterocycles. The largest absolute Gasteiger partial charge is 0.376 e. The molecule has 3 heterocycles. The van der Waals surface area contributed by atoms with Gasteiger partial charge >= 0.3 is 6.03 Å². The summed E-state index contributed by atoms with van der Waals surface area (Å²) in [6, 6.07) is 9.12. The summed E-state index contributed by atoms with van der Waals surface area (Å²) in [5.74, 6) is 0.418. The van der Waals surface area contributed by atoms with Gasteiger partial charge in [0.15, 0.2) is 5.82 Å². The number of aromatic nitrogens is 3. The highest BCUT2D eigenvalue weighted by Gasteiger charge is 2.38. The number of urea groups is 1. The second-order valence-electron chi connectivity index (χ2n) is 5.87. The molecule has 0 bridgehead atoms. The predicted octanol–water partition coefficient (Wildman–Crippen LogP) is 0.690. The molecule has 0 radical (unpaired) electrons. The first-order chi connectivity index (χ1) is 12.2. The number of benzene rings is 1. The highest BCUT2D eigenvalue weighted by atomic mass is 16.5. The van der Waals surface area contributed by atoms with Crippen LogP contribution in [0.4, 0.5) is 10.6 Å². The van der Waals surface area contributed by atoms with E-state index in [2.05, 4.69) is 15.5 Å². The van der Waals surface area contributed by atoms with Crippen LogP contribution in [0, 0.1) is 0 Å². The van der Waals surface area contributed by atoms with Crippen LogP contribution in [0.15, 0.2) is 36.5 Å².